The molecule has 1 unspecified atom stereocenters. The van der Waals surface area contributed by atoms with Crippen LogP contribution in [0.25, 0.3) is 11.3 Å². The molecule has 0 saturated carbocycles. The molecule has 0 saturated heterocycles. The van der Waals surface area contributed by atoms with E-state index < -0.39 is 22.6 Å². The van der Waals surface area contributed by atoms with Crippen LogP contribution in [0.15, 0.2) is 41.6 Å². The van der Waals surface area contributed by atoms with Gasteiger partial charge < -0.3 is 19.9 Å². The van der Waals surface area contributed by atoms with Gasteiger partial charge in [0.15, 0.2) is 17.7 Å². The zero-order chi connectivity index (χ0) is 20.5. The van der Waals surface area contributed by atoms with Gasteiger partial charge in [0, 0.05) is 22.9 Å². The summed E-state index contributed by atoms with van der Waals surface area (Å²) in [5.74, 6) is -0.353. The summed E-state index contributed by atoms with van der Waals surface area (Å²) in [6.45, 7) is 0. The van der Waals surface area contributed by atoms with Crippen LogP contribution in [0.3, 0.4) is 0 Å². The molecule has 0 spiro atoms. The van der Waals surface area contributed by atoms with Crippen LogP contribution >= 0.6 is 11.8 Å². The first kappa shape index (κ1) is 18.7. The number of phenols is 1. The lowest BCUT2D eigenvalue weighted by molar-refractivity contribution is -0.386. The average Bonchev–Trinajstić information content (AvgIpc) is 2.89. The highest BCUT2D eigenvalue weighted by Crippen LogP contribution is 2.43. The molecule has 1 aliphatic heterocycles. The highest BCUT2D eigenvalue weighted by Gasteiger charge is 2.29. The van der Waals surface area contributed by atoms with E-state index in [1.807, 2.05) is 30.5 Å². The van der Waals surface area contributed by atoms with Crippen molar-refractivity contribution < 1.29 is 19.5 Å². The molecule has 29 heavy (non-hydrogen) atoms. The summed E-state index contributed by atoms with van der Waals surface area (Å²) in [7, 11) is 1.32. The number of nitrogens with one attached hydrogen (secondary N) is 1. The lowest BCUT2D eigenvalue weighted by Gasteiger charge is -2.20. The van der Waals surface area contributed by atoms with Gasteiger partial charge in [-0.05, 0) is 18.4 Å². The molecule has 10 nitrogen and oxygen atoms in total. The number of para-hydroxylation sites is 1. The minimum atomic E-state index is -0.850. The Morgan fingerprint density at radius 2 is 2.10 bits per heavy atom. The number of methoxy groups -OCH3 is 1. The fraction of sp³-hybridized carbons (Fsp3) is 0.167. The SMILES string of the molecule is COc1cc(C2Nc3ccccc3-c3nnc(SC)nc3O2)cc([N+](=O)[O-])c1O. The lowest BCUT2D eigenvalue weighted by atomic mass is 10.1. The Balaban J connectivity index is 1.88. The van der Waals surface area contributed by atoms with Gasteiger partial charge in [-0.15, -0.1) is 10.2 Å². The van der Waals surface area contributed by atoms with Crippen LogP contribution in [0.1, 0.15) is 11.8 Å². The van der Waals surface area contributed by atoms with Crippen molar-refractivity contribution >= 4 is 23.1 Å². The molecular formula is C18H15N5O5S. The fourth-order valence-corrected chi connectivity index (χ4v) is 3.24. The number of aromatic hydroxyl groups is 1. The standard InChI is InChI=1S/C18H15N5O5S/c1-27-13-8-9(7-12(15(13)24)23(25)26)16-19-11-6-4-3-5-10(11)14-17(28-16)20-18(29-2)22-21-14/h3-8,16,19,24H,1-2H3. The van der Waals surface area contributed by atoms with Gasteiger partial charge in [-0.2, -0.15) is 4.98 Å². The Morgan fingerprint density at radius 1 is 1.31 bits per heavy atom. The van der Waals surface area contributed by atoms with E-state index in [9.17, 15) is 15.2 Å². The molecule has 0 radical (unpaired) electrons. The van der Waals surface area contributed by atoms with Gasteiger partial charge in [0.05, 0.1) is 12.0 Å². The minimum absolute atomic E-state index is 0.0389. The topological polar surface area (TPSA) is 133 Å². The number of nitrogens with zero attached hydrogens (tertiary/aromatic N) is 4. The zero-order valence-electron chi connectivity index (χ0n) is 15.3. The summed E-state index contributed by atoms with van der Waals surface area (Å²) < 4.78 is 11.1. The van der Waals surface area contributed by atoms with Crippen LogP contribution < -0.4 is 14.8 Å². The van der Waals surface area contributed by atoms with E-state index in [0.29, 0.717) is 22.1 Å². The number of hydrogen-bond acceptors (Lipinski definition) is 10. The maximum atomic E-state index is 11.4. The Bertz CT molecular complexity index is 1110. The first-order valence-corrected chi connectivity index (χ1v) is 9.61. The van der Waals surface area contributed by atoms with Gasteiger partial charge >= 0.3 is 5.69 Å². The van der Waals surface area contributed by atoms with Crippen LogP contribution in [-0.4, -0.2) is 38.6 Å². The number of hydrogen-bond donors (Lipinski definition) is 2. The van der Waals surface area contributed by atoms with Gasteiger partial charge in [0.1, 0.15) is 0 Å². The van der Waals surface area contributed by atoms with Gasteiger partial charge in [-0.25, -0.2) is 0 Å². The van der Waals surface area contributed by atoms with Crippen molar-refractivity contribution in [2.24, 2.45) is 0 Å². The largest absolute Gasteiger partial charge is 0.500 e. The number of nitro groups is 1. The van der Waals surface area contributed by atoms with E-state index in [1.165, 1.54) is 31.0 Å². The van der Waals surface area contributed by atoms with Gasteiger partial charge in [0.25, 0.3) is 0 Å². The van der Waals surface area contributed by atoms with Crippen LogP contribution in [0.4, 0.5) is 11.4 Å². The number of phenolic OH excluding ortho intramolecular Hbond substituents is 1. The first-order valence-electron chi connectivity index (χ1n) is 8.38. The summed E-state index contributed by atoms with van der Waals surface area (Å²) in [5, 5.41) is 33.4. The van der Waals surface area contributed by atoms with E-state index >= 15 is 0 Å². The van der Waals surface area contributed by atoms with Crippen LogP contribution in [0.5, 0.6) is 17.4 Å². The Kier molecular flexibility index (Phi) is 4.80. The van der Waals surface area contributed by atoms with Gasteiger partial charge in [0.2, 0.25) is 16.8 Å². The molecule has 0 bridgehead atoms. The second-order valence-corrected chi connectivity index (χ2v) is 6.76. The predicted molar refractivity (Wildman–Crippen MR) is 105 cm³/mol. The smallest absolute Gasteiger partial charge is 0.315 e. The van der Waals surface area contributed by atoms with Crippen molar-refractivity contribution in [3.63, 3.8) is 0 Å². The predicted octanol–water partition coefficient (Wildman–Crippen LogP) is 3.39. The number of thioether (sulfide) groups is 1. The Morgan fingerprint density at radius 3 is 2.83 bits per heavy atom. The number of fused-ring (bicyclic) bond motifs is 3. The van der Waals surface area contributed by atoms with Crippen LogP contribution in [0.2, 0.25) is 0 Å². The summed E-state index contributed by atoms with van der Waals surface area (Å²) in [4.78, 5) is 15.1. The third-order valence-corrected chi connectivity index (χ3v) is 4.85. The molecule has 3 aromatic rings. The summed E-state index contributed by atoms with van der Waals surface area (Å²) in [5.41, 5.74) is 1.76. The van der Waals surface area contributed by atoms with Crippen molar-refractivity contribution in [1.29, 1.82) is 0 Å². The molecule has 4 rings (SSSR count). The fourth-order valence-electron chi connectivity index (χ4n) is 2.94. The van der Waals surface area contributed by atoms with Crippen molar-refractivity contribution in [2.45, 2.75) is 11.4 Å². The van der Waals surface area contributed by atoms with Gasteiger partial charge in [-0.1, -0.05) is 30.0 Å². The Hall–Kier alpha value is -3.60. The molecule has 0 aliphatic carbocycles. The van der Waals surface area contributed by atoms with E-state index in [-0.39, 0.29) is 11.6 Å². The Labute approximate surface area is 169 Å². The molecular weight excluding hydrogens is 398 g/mol. The third kappa shape index (κ3) is 3.36. The number of rotatable bonds is 4. The van der Waals surface area contributed by atoms with E-state index in [2.05, 4.69) is 20.5 Å². The van der Waals surface area contributed by atoms with Crippen molar-refractivity contribution in [3.8, 4) is 28.6 Å². The van der Waals surface area contributed by atoms with Crippen molar-refractivity contribution in [1.82, 2.24) is 15.2 Å². The number of nitro benzene ring substituents is 1. The van der Waals surface area contributed by atoms with Crippen LogP contribution in [-0.2, 0) is 0 Å². The molecule has 11 heteroatoms. The third-order valence-electron chi connectivity index (χ3n) is 4.31. The van der Waals surface area contributed by atoms with E-state index in [1.54, 1.807) is 0 Å². The van der Waals surface area contributed by atoms with Crippen molar-refractivity contribution in [2.75, 3.05) is 18.7 Å². The molecule has 1 atom stereocenters. The highest BCUT2D eigenvalue weighted by molar-refractivity contribution is 7.98. The summed E-state index contributed by atoms with van der Waals surface area (Å²) in [6, 6.07) is 10.1. The average molecular weight is 413 g/mol. The number of benzene rings is 2. The quantitative estimate of drug-likeness (QED) is 0.372. The maximum Gasteiger partial charge on any atom is 0.315 e. The number of ether oxygens (including phenoxy) is 2. The molecule has 2 heterocycles. The molecule has 0 amide bonds. The monoisotopic (exact) mass is 413 g/mol. The minimum Gasteiger partial charge on any atom is -0.500 e. The maximum absolute atomic E-state index is 11.4. The molecule has 0 fully saturated rings. The first-order chi connectivity index (χ1) is 14.0. The highest BCUT2D eigenvalue weighted by atomic mass is 32.2. The van der Waals surface area contributed by atoms with E-state index in [4.69, 9.17) is 9.47 Å². The molecule has 148 valence electrons. The molecule has 2 aromatic carbocycles. The number of anilines is 1. The van der Waals surface area contributed by atoms with Crippen LogP contribution in [0, 0.1) is 10.1 Å². The molecule has 1 aliphatic rings. The number of aromatic nitrogens is 3. The molecule has 1 aromatic heterocycles. The second kappa shape index (κ2) is 7.43. The van der Waals surface area contributed by atoms with E-state index in [0.717, 1.165) is 5.56 Å². The zero-order valence-corrected chi connectivity index (χ0v) is 16.1. The second-order valence-electron chi connectivity index (χ2n) is 5.99. The summed E-state index contributed by atoms with van der Waals surface area (Å²) >= 11 is 1.31. The molecule has 2 N–H and O–H groups in total. The summed E-state index contributed by atoms with van der Waals surface area (Å²) in [6.07, 6.45) is 0.967. The lowest BCUT2D eigenvalue weighted by Crippen LogP contribution is -2.17. The van der Waals surface area contributed by atoms with Crippen molar-refractivity contribution in [3.05, 3.63) is 52.1 Å². The van der Waals surface area contributed by atoms with Gasteiger partial charge in [-0.3, -0.25) is 10.1 Å². The normalized spacial score (nSPS) is 14.6.